The topological polar surface area (TPSA) is 79.3 Å². The number of likely N-dealkylation sites (N-methyl/N-ethyl adjacent to an activating group) is 1. The highest BCUT2D eigenvalue weighted by Crippen LogP contribution is 2.11. The number of aromatic nitrogens is 2. The van der Waals surface area contributed by atoms with Gasteiger partial charge in [0.2, 0.25) is 11.8 Å². The summed E-state index contributed by atoms with van der Waals surface area (Å²) in [6, 6.07) is 9.93. The Morgan fingerprint density at radius 2 is 1.85 bits per heavy atom. The van der Waals surface area contributed by atoms with Gasteiger partial charge in [0.15, 0.2) is 0 Å². The van der Waals surface area contributed by atoms with Crippen molar-refractivity contribution in [2.75, 3.05) is 25.5 Å². The van der Waals surface area contributed by atoms with Gasteiger partial charge >= 0.3 is 0 Å². The van der Waals surface area contributed by atoms with E-state index in [4.69, 9.17) is 0 Å². The maximum Gasteiger partial charge on any atom is 0.239 e. The number of nitrogens with zero attached hydrogens (tertiary/aromatic N) is 3. The third-order valence-corrected chi connectivity index (χ3v) is 3.74. The van der Waals surface area contributed by atoms with Crippen molar-refractivity contribution in [1.29, 1.82) is 0 Å². The lowest BCUT2D eigenvalue weighted by atomic mass is 10.1. The van der Waals surface area contributed by atoms with E-state index in [1.54, 1.807) is 28.9 Å². The molecule has 0 saturated carbocycles. The summed E-state index contributed by atoms with van der Waals surface area (Å²) in [5.41, 5.74) is 2.01. The first kappa shape index (κ1) is 20.6. The Labute approximate surface area is 160 Å². The second kappa shape index (κ2) is 8.81. The van der Waals surface area contributed by atoms with E-state index in [0.29, 0.717) is 12.4 Å². The maximum atomic E-state index is 12.3. The van der Waals surface area contributed by atoms with Gasteiger partial charge in [0.05, 0.1) is 25.8 Å². The van der Waals surface area contributed by atoms with Crippen molar-refractivity contribution in [1.82, 2.24) is 20.0 Å². The van der Waals surface area contributed by atoms with E-state index in [1.165, 1.54) is 5.56 Å². The monoisotopic (exact) mass is 371 g/mol. The Hall–Kier alpha value is -2.67. The molecule has 0 aliphatic heterocycles. The molecular weight excluding hydrogens is 342 g/mol. The van der Waals surface area contributed by atoms with Crippen molar-refractivity contribution in [3.63, 3.8) is 0 Å². The number of nitrogens with one attached hydrogen (secondary N) is 2. The molecule has 7 heteroatoms. The van der Waals surface area contributed by atoms with E-state index >= 15 is 0 Å². The zero-order valence-electron chi connectivity index (χ0n) is 16.7. The highest BCUT2D eigenvalue weighted by Gasteiger charge is 2.17. The minimum atomic E-state index is -0.289. The third-order valence-electron chi connectivity index (χ3n) is 3.74. The zero-order chi connectivity index (χ0) is 20.0. The lowest BCUT2D eigenvalue weighted by Gasteiger charge is -2.23. The first-order chi connectivity index (χ1) is 12.6. The molecule has 7 nitrogen and oxygen atoms in total. The quantitative estimate of drug-likeness (QED) is 0.780. The second-order valence-corrected chi connectivity index (χ2v) is 7.88. The van der Waals surface area contributed by atoms with Crippen LogP contribution in [0.15, 0.2) is 36.5 Å². The summed E-state index contributed by atoms with van der Waals surface area (Å²) in [5.74, 6) is 0.336. The van der Waals surface area contributed by atoms with Crippen molar-refractivity contribution >= 4 is 17.6 Å². The van der Waals surface area contributed by atoms with Crippen LogP contribution in [0.4, 0.5) is 5.82 Å². The highest BCUT2D eigenvalue weighted by molar-refractivity contribution is 5.91. The number of amides is 2. The molecule has 0 atom stereocenters. The smallest absolute Gasteiger partial charge is 0.239 e. The van der Waals surface area contributed by atoms with Crippen molar-refractivity contribution in [2.24, 2.45) is 0 Å². The van der Waals surface area contributed by atoms with Crippen LogP contribution in [0.3, 0.4) is 0 Å². The van der Waals surface area contributed by atoms with Gasteiger partial charge < -0.3 is 10.6 Å². The number of carbonyl (C=O) groups excluding carboxylic acids is 2. The van der Waals surface area contributed by atoms with Gasteiger partial charge in [-0.2, -0.15) is 5.10 Å². The van der Waals surface area contributed by atoms with Gasteiger partial charge in [0, 0.05) is 11.6 Å². The van der Waals surface area contributed by atoms with Gasteiger partial charge in [-0.3, -0.25) is 14.5 Å². The van der Waals surface area contributed by atoms with Gasteiger partial charge in [-0.25, -0.2) is 4.68 Å². The van der Waals surface area contributed by atoms with Crippen molar-refractivity contribution in [3.8, 4) is 0 Å². The Balaban J connectivity index is 1.89. The molecule has 2 N–H and O–H groups in total. The molecule has 0 aliphatic carbocycles. The number of benzene rings is 1. The molecule has 0 fully saturated rings. The first-order valence-electron chi connectivity index (χ1n) is 8.99. The molecule has 1 aromatic carbocycles. The van der Waals surface area contributed by atoms with Crippen LogP contribution in [0.25, 0.3) is 0 Å². The molecule has 2 amide bonds. The van der Waals surface area contributed by atoms with Crippen LogP contribution in [0.2, 0.25) is 0 Å². The lowest BCUT2D eigenvalue weighted by molar-refractivity contribution is -0.124. The Morgan fingerprint density at radius 3 is 2.52 bits per heavy atom. The fourth-order valence-corrected chi connectivity index (χ4v) is 2.73. The van der Waals surface area contributed by atoms with Crippen LogP contribution in [-0.4, -0.2) is 52.2 Å². The van der Waals surface area contributed by atoms with Crippen molar-refractivity contribution in [2.45, 2.75) is 39.8 Å². The molecule has 2 rings (SSSR count). The lowest BCUT2D eigenvalue weighted by Crippen LogP contribution is -2.46. The highest BCUT2D eigenvalue weighted by atomic mass is 16.2. The molecule has 0 saturated heterocycles. The Kier molecular flexibility index (Phi) is 6.74. The zero-order valence-corrected chi connectivity index (χ0v) is 16.7. The molecular formula is C20H29N5O2. The number of hydrogen-bond donors (Lipinski definition) is 2. The van der Waals surface area contributed by atoms with Crippen LogP contribution >= 0.6 is 0 Å². The minimum Gasteiger partial charge on any atom is -0.350 e. The maximum absolute atomic E-state index is 12.3. The predicted octanol–water partition coefficient (Wildman–Crippen LogP) is 2.02. The molecule has 1 heterocycles. The molecule has 0 unspecified atom stereocenters. The van der Waals surface area contributed by atoms with Crippen LogP contribution < -0.4 is 10.6 Å². The number of carbonyl (C=O) groups is 2. The van der Waals surface area contributed by atoms with Crippen LogP contribution in [0.5, 0.6) is 0 Å². The van der Waals surface area contributed by atoms with Crippen LogP contribution in [0.1, 0.15) is 31.9 Å². The van der Waals surface area contributed by atoms with Gasteiger partial charge in [0.25, 0.3) is 0 Å². The van der Waals surface area contributed by atoms with E-state index in [0.717, 1.165) is 5.56 Å². The normalized spacial score (nSPS) is 11.5. The van der Waals surface area contributed by atoms with Gasteiger partial charge in [-0.15, -0.1) is 0 Å². The number of hydrogen-bond acceptors (Lipinski definition) is 4. The summed E-state index contributed by atoms with van der Waals surface area (Å²) < 4.78 is 1.75. The van der Waals surface area contributed by atoms with Gasteiger partial charge in [0.1, 0.15) is 5.82 Å². The van der Waals surface area contributed by atoms with Crippen molar-refractivity contribution < 1.29 is 9.59 Å². The summed E-state index contributed by atoms with van der Waals surface area (Å²) in [5, 5.41) is 10.0. The molecule has 146 valence electrons. The molecule has 1 aromatic heterocycles. The summed E-state index contributed by atoms with van der Waals surface area (Å²) >= 11 is 0. The second-order valence-electron chi connectivity index (χ2n) is 7.88. The standard InChI is InChI=1S/C20H29N5O2/c1-15-7-6-8-16(11-15)12-25-17(9-10-21-25)22-18(26)13-24(5)14-19(27)23-20(2,3)4/h6-11H,12-14H2,1-5H3,(H,22,26)(H,23,27). The first-order valence-corrected chi connectivity index (χ1v) is 8.99. The predicted molar refractivity (Wildman–Crippen MR) is 107 cm³/mol. The number of aryl methyl sites for hydroxylation is 1. The molecule has 27 heavy (non-hydrogen) atoms. The van der Waals surface area contributed by atoms with E-state index in [1.807, 2.05) is 45.9 Å². The van der Waals surface area contributed by atoms with E-state index < -0.39 is 0 Å². The summed E-state index contributed by atoms with van der Waals surface area (Å²) in [6.07, 6.45) is 1.66. The Bertz CT molecular complexity index is 792. The SMILES string of the molecule is Cc1cccc(Cn2nccc2NC(=O)CN(C)CC(=O)NC(C)(C)C)c1. The molecule has 0 aliphatic rings. The Morgan fingerprint density at radius 1 is 1.15 bits per heavy atom. The third kappa shape index (κ3) is 7.22. The van der Waals surface area contributed by atoms with E-state index in [-0.39, 0.29) is 30.4 Å². The molecule has 0 bridgehead atoms. The van der Waals surface area contributed by atoms with E-state index in [9.17, 15) is 9.59 Å². The molecule has 0 spiro atoms. The van der Waals surface area contributed by atoms with E-state index in [2.05, 4.69) is 21.8 Å². The minimum absolute atomic E-state index is 0.109. The number of rotatable bonds is 7. The summed E-state index contributed by atoms with van der Waals surface area (Å²) in [4.78, 5) is 26.0. The average Bonchev–Trinajstić information content (AvgIpc) is 2.91. The summed E-state index contributed by atoms with van der Waals surface area (Å²) in [7, 11) is 1.74. The van der Waals surface area contributed by atoms with Crippen molar-refractivity contribution in [3.05, 3.63) is 47.7 Å². The molecule has 0 radical (unpaired) electrons. The van der Waals surface area contributed by atoms with Gasteiger partial charge in [-0.1, -0.05) is 29.8 Å². The van der Waals surface area contributed by atoms with Crippen LogP contribution in [0, 0.1) is 6.92 Å². The molecule has 2 aromatic rings. The fourth-order valence-electron chi connectivity index (χ4n) is 2.73. The fraction of sp³-hybridized carbons (Fsp3) is 0.450. The van der Waals surface area contributed by atoms with Gasteiger partial charge in [-0.05, 0) is 40.3 Å². The number of anilines is 1. The largest absolute Gasteiger partial charge is 0.350 e. The summed E-state index contributed by atoms with van der Waals surface area (Å²) in [6.45, 7) is 8.67. The van der Waals surface area contributed by atoms with Crippen LogP contribution in [-0.2, 0) is 16.1 Å². The average molecular weight is 371 g/mol.